The monoisotopic (exact) mass is 360 g/mol. The van der Waals surface area contributed by atoms with Gasteiger partial charge < -0.3 is 10.2 Å². The normalized spacial score (nSPS) is 18.7. The molecule has 25 heavy (non-hydrogen) atoms. The molecule has 1 amide bonds. The van der Waals surface area contributed by atoms with Gasteiger partial charge >= 0.3 is 0 Å². The summed E-state index contributed by atoms with van der Waals surface area (Å²) in [4.78, 5) is 13.9. The highest BCUT2D eigenvalue weighted by molar-refractivity contribution is 7.91. The Morgan fingerprint density at radius 2 is 1.88 bits per heavy atom. The van der Waals surface area contributed by atoms with Crippen molar-refractivity contribution in [3.05, 3.63) is 47.7 Å². The van der Waals surface area contributed by atoms with Crippen molar-refractivity contribution in [1.82, 2.24) is 15.1 Å². The van der Waals surface area contributed by atoms with E-state index in [1.807, 2.05) is 31.2 Å². The van der Waals surface area contributed by atoms with E-state index in [1.165, 1.54) is 4.90 Å². The summed E-state index contributed by atoms with van der Waals surface area (Å²) in [6.45, 7) is 2.01. The minimum atomic E-state index is -3.04. The topological polar surface area (TPSA) is 92.3 Å². The van der Waals surface area contributed by atoms with Crippen LogP contribution >= 0.6 is 0 Å². The molecule has 0 saturated carbocycles. The first-order chi connectivity index (χ1) is 11.8. The number of carbonyl (C=O) groups excluding carboxylic acids is 1. The molecule has 132 valence electrons. The predicted molar refractivity (Wildman–Crippen MR) is 95.6 cm³/mol. The van der Waals surface area contributed by atoms with Gasteiger partial charge in [0.25, 0.3) is 5.91 Å². The molecule has 0 spiro atoms. The van der Waals surface area contributed by atoms with Crippen LogP contribution in [0.4, 0.5) is 11.5 Å². The Hall–Kier alpha value is -2.48. The maximum Gasteiger partial charge on any atom is 0.274 e. The minimum Gasteiger partial charge on any atom is -0.339 e. The standard InChI is InChI=1S/C17H20N4O3S/c1-12-3-5-13(6-4-12)18-16-8-7-15(19-20-16)17(22)21(2)14-9-10-25(23,24)11-14/h3-8,14H,9-11H2,1-2H3,(H,18,20). The van der Waals surface area contributed by atoms with E-state index in [-0.39, 0.29) is 29.1 Å². The second kappa shape index (κ2) is 6.79. The first-order valence-corrected chi connectivity index (χ1v) is 9.81. The summed E-state index contributed by atoms with van der Waals surface area (Å²) in [6, 6.07) is 10.8. The smallest absolute Gasteiger partial charge is 0.274 e. The average molecular weight is 360 g/mol. The summed E-state index contributed by atoms with van der Waals surface area (Å²) in [5, 5.41) is 11.1. The van der Waals surface area contributed by atoms with Crippen molar-refractivity contribution in [1.29, 1.82) is 0 Å². The van der Waals surface area contributed by atoms with E-state index in [2.05, 4.69) is 15.5 Å². The van der Waals surface area contributed by atoms with Crippen LogP contribution in [-0.2, 0) is 9.84 Å². The zero-order chi connectivity index (χ0) is 18.0. The largest absolute Gasteiger partial charge is 0.339 e. The number of aryl methyl sites for hydroxylation is 1. The lowest BCUT2D eigenvalue weighted by molar-refractivity contribution is 0.0740. The number of amides is 1. The third kappa shape index (κ3) is 4.14. The number of nitrogens with one attached hydrogen (secondary N) is 1. The van der Waals surface area contributed by atoms with Crippen LogP contribution < -0.4 is 5.32 Å². The molecule has 1 aliphatic rings. The Balaban J connectivity index is 1.67. The Morgan fingerprint density at radius 1 is 1.16 bits per heavy atom. The van der Waals surface area contributed by atoms with Crippen LogP contribution in [0.5, 0.6) is 0 Å². The summed E-state index contributed by atoms with van der Waals surface area (Å²) < 4.78 is 23.1. The SMILES string of the molecule is Cc1ccc(Nc2ccc(C(=O)N(C)C3CCS(=O)(=O)C3)nn2)cc1. The van der Waals surface area contributed by atoms with E-state index in [4.69, 9.17) is 0 Å². The Bertz CT molecular complexity index is 864. The van der Waals surface area contributed by atoms with Crippen LogP contribution in [0, 0.1) is 6.92 Å². The molecule has 0 aliphatic carbocycles. The highest BCUT2D eigenvalue weighted by Gasteiger charge is 2.33. The summed E-state index contributed by atoms with van der Waals surface area (Å²) in [6.07, 6.45) is 0.463. The van der Waals surface area contributed by atoms with Gasteiger partial charge in [0.2, 0.25) is 0 Å². The van der Waals surface area contributed by atoms with Crippen molar-refractivity contribution in [3.63, 3.8) is 0 Å². The quantitative estimate of drug-likeness (QED) is 0.894. The molecule has 7 nitrogen and oxygen atoms in total. The van der Waals surface area contributed by atoms with Crippen LogP contribution in [0.1, 0.15) is 22.5 Å². The van der Waals surface area contributed by atoms with Gasteiger partial charge in [0.15, 0.2) is 21.3 Å². The van der Waals surface area contributed by atoms with Gasteiger partial charge in [-0.1, -0.05) is 17.7 Å². The molecule has 8 heteroatoms. The number of carbonyl (C=O) groups is 1. The van der Waals surface area contributed by atoms with Crippen molar-refractivity contribution >= 4 is 27.2 Å². The van der Waals surface area contributed by atoms with Crippen LogP contribution in [-0.4, -0.2) is 54.0 Å². The van der Waals surface area contributed by atoms with Gasteiger partial charge in [-0.15, -0.1) is 10.2 Å². The Labute approximate surface area is 147 Å². The van der Waals surface area contributed by atoms with E-state index < -0.39 is 9.84 Å². The number of sulfone groups is 1. The van der Waals surface area contributed by atoms with E-state index in [0.29, 0.717) is 12.2 Å². The zero-order valence-corrected chi connectivity index (χ0v) is 15.0. The van der Waals surface area contributed by atoms with Crippen molar-refractivity contribution < 1.29 is 13.2 Å². The van der Waals surface area contributed by atoms with Gasteiger partial charge in [-0.2, -0.15) is 0 Å². The third-order valence-electron chi connectivity index (χ3n) is 4.28. The van der Waals surface area contributed by atoms with Crippen molar-refractivity contribution in [2.45, 2.75) is 19.4 Å². The molecule has 2 heterocycles. The lowest BCUT2D eigenvalue weighted by Gasteiger charge is -2.22. The lowest BCUT2D eigenvalue weighted by atomic mass is 10.2. The fraction of sp³-hybridized carbons (Fsp3) is 0.353. The summed E-state index contributed by atoms with van der Waals surface area (Å²) in [5.74, 6) is 0.346. The van der Waals surface area contributed by atoms with Crippen LogP contribution in [0.15, 0.2) is 36.4 Å². The molecule has 2 aromatic rings. The van der Waals surface area contributed by atoms with Crippen molar-refractivity contribution in [3.8, 4) is 0 Å². The van der Waals surface area contributed by atoms with Gasteiger partial charge in [0, 0.05) is 18.8 Å². The maximum atomic E-state index is 12.5. The molecule has 1 atom stereocenters. The van der Waals surface area contributed by atoms with Crippen molar-refractivity contribution in [2.24, 2.45) is 0 Å². The minimum absolute atomic E-state index is 0.00965. The molecule has 1 saturated heterocycles. The lowest BCUT2D eigenvalue weighted by Crippen LogP contribution is -2.38. The van der Waals surface area contributed by atoms with E-state index >= 15 is 0 Å². The summed E-state index contributed by atoms with van der Waals surface area (Å²) in [5.41, 5.74) is 2.24. The second-order valence-electron chi connectivity index (χ2n) is 6.27. The maximum absolute atomic E-state index is 12.5. The molecule has 0 radical (unpaired) electrons. The zero-order valence-electron chi connectivity index (χ0n) is 14.1. The molecular formula is C17H20N4O3S. The average Bonchev–Trinajstić information content (AvgIpc) is 2.96. The molecule has 1 unspecified atom stereocenters. The first-order valence-electron chi connectivity index (χ1n) is 7.99. The van der Waals surface area contributed by atoms with Crippen LogP contribution in [0.2, 0.25) is 0 Å². The van der Waals surface area contributed by atoms with E-state index in [9.17, 15) is 13.2 Å². The molecule has 1 fully saturated rings. The number of rotatable bonds is 4. The Kier molecular flexibility index (Phi) is 4.71. The molecule has 1 aromatic heterocycles. The second-order valence-corrected chi connectivity index (χ2v) is 8.50. The van der Waals surface area contributed by atoms with E-state index in [0.717, 1.165) is 11.3 Å². The molecular weight excluding hydrogens is 340 g/mol. The molecule has 1 aliphatic heterocycles. The number of nitrogens with zero attached hydrogens (tertiary/aromatic N) is 3. The van der Waals surface area contributed by atoms with Gasteiger partial charge in [-0.25, -0.2) is 8.42 Å². The third-order valence-corrected chi connectivity index (χ3v) is 6.03. The van der Waals surface area contributed by atoms with Crippen molar-refractivity contribution in [2.75, 3.05) is 23.9 Å². The van der Waals surface area contributed by atoms with Gasteiger partial charge in [-0.3, -0.25) is 4.79 Å². The number of hydrogen-bond donors (Lipinski definition) is 1. The summed E-state index contributed by atoms with van der Waals surface area (Å²) in [7, 11) is -1.44. The number of benzene rings is 1. The molecule has 1 N–H and O–H groups in total. The summed E-state index contributed by atoms with van der Waals surface area (Å²) >= 11 is 0. The van der Waals surface area contributed by atoms with Crippen LogP contribution in [0.3, 0.4) is 0 Å². The van der Waals surface area contributed by atoms with Gasteiger partial charge in [0.05, 0.1) is 11.5 Å². The highest BCUT2D eigenvalue weighted by atomic mass is 32.2. The fourth-order valence-corrected chi connectivity index (χ4v) is 4.50. The molecule has 0 bridgehead atoms. The number of hydrogen-bond acceptors (Lipinski definition) is 6. The highest BCUT2D eigenvalue weighted by Crippen LogP contribution is 2.19. The van der Waals surface area contributed by atoms with Gasteiger partial charge in [-0.05, 0) is 37.6 Å². The van der Waals surface area contributed by atoms with Gasteiger partial charge in [0.1, 0.15) is 0 Å². The molecule has 1 aromatic carbocycles. The van der Waals surface area contributed by atoms with E-state index in [1.54, 1.807) is 19.2 Å². The first kappa shape index (κ1) is 17.3. The predicted octanol–water partition coefficient (Wildman–Crippen LogP) is 1.79. The molecule has 3 rings (SSSR count). The Morgan fingerprint density at radius 3 is 2.44 bits per heavy atom. The number of aromatic nitrogens is 2. The fourth-order valence-electron chi connectivity index (χ4n) is 2.73. The van der Waals surface area contributed by atoms with Crippen LogP contribution in [0.25, 0.3) is 0 Å². The number of anilines is 2.